The van der Waals surface area contributed by atoms with Crippen LogP contribution in [0.5, 0.6) is 0 Å². The minimum Gasteiger partial charge on any atom is -0.308 e. The number of benzene rings is 1. The Labute approximate surface area is 98.7 Å². The van der Waals surface area contributed by atoms with Crippen LogP contribution in [0.1, 0.15) is 25.0 Å². The molecule has 0 aliphatic rings. The molecule has 0 bridgehead atoms. The van der Waals surface area contributed by atoms with Crippen molar-refractivity contribution < 1.29 is 0 Å². The van der Waals surface area contributed by atoms with Crippen LogP contribution in [0.2, 0.25) is 0 Å². The Kier molecular flexibility index (Phi) is 5.81. The molecule has 2 heteroatoms. The van der Waals surface area contributed by atoms with E-state index in [0.717, 1.165) is 24.8 Å². The van der Waals surface area contributed by atoms with Crippen LogP contribution in [0.15, 0.2) is 24.3 Å². The molecule has 0 radical (unpaired) electrons. The van der Waals surface area contributed by atoms with Crippen LogP contribution in [-0.4, -0.2) is 12.4 Å². The monoisotopic (exact) mass is 223 g/mol. The molecule has 1 rings (SSSR count). The van der Waals surface area contributed by atoms with Crippen molar-refractivity contribution >= 4 is 12.6 Å². The predicted octanol–water partition coefficient (Wildman–Crippen LogP) is 2.90. The van der Waals surface area contributed by atoms with Crippen LogP contribution in [0, 0.1) is 5.92 Å². The van der Waals surface area contributed by atoms with Gasteiger partial charge >= 0.3 is 0 Å². The molecule has 0 heterocycles. The summed E-state index contributed by atoms with van der Waals surface area (Å²) in [5.41, 5.74) is 2.84. The van der Waals surface area contributed by atoms with E-state index >= 15 is 0 Å². The summed E-state index contributed by atoms with van der Waals surface area (Å²) >= 11 is 4.11. The molecule has 0 spiro atoms. The molecule has 0 aliphatic carbocycles. The first-order valence-electron chi connectivity index (χ1n) is 5.61. The summed E-state index contributed by atoms with van der Waals surface area (Å²) in [5.74, 6) is 1.49. The van der Waals surface area contributed by atoms with Crippen molar-refractivity contribution in [3.8, 4) is 0 Å². The van der Waals surface area contributed by atoms with E-state index in [9.17, 15) is 0 Å². The van der Waals surface area contributed by atoms with E-state index < -0.39 is 0 Å². The van der Waals surface area contributed by atoms with Gasteiger partial charge in [-0.05, 0) is 36.4 Å². The average Bonchev–Trinajstić information content (AvgIpc) is 2.20. The Morgan fingerprint density at radius 2 is 1.73 bits per heavy atom. The molecule has 1 aromatic carbocycles. The molecular weight excluding hydrogens is 202 g/mol. The summed E-state index contributed by atoms with van der Waals surface area (Å²) in [6, 6.07) is 8.96. The second-order valence-electron chi connectivity index (χ2n) is 4.32. The molecule has 1 nitrogen and oxygen atoms in total. The van der Waals surface area contributed by atoms with Crippen LogP contribution < -0.4 is 5.32 Å². The van der Waals surface area contributed by atoms with Crippen molar-refractivity contribution in [3.63, 3.8) is 0 Å². The number of nitrogens with one attached hydrogen (secondary N) is 1. The van der Waals surface area contributed by atoms with Crippen molar-refractivity contribution in [1.29, 1.82) is 0 Å². The highest BCUT2D eigenvalue weighted by molar-refractivity contribution is 7.80. The smallest absolute Gasteiger partial charge is 0.0387 e. The Morgan fingerprint density at radius 3 is 2.27 bits per heavy atom. The van der Waals surface area contributed by atoms with Gasteiger partial charge in [-0.3, -0.25) is 0 Å². The van der Waals surface area contributed by atoms with Gasteiger partial charge in [-0.1, -0.05) is 38.1 Å². The minimum atomic E-state index is 0.738. The topological polar surface area (TPSA) is 12.0 Å². The van der Waals surface area contributed by atoms with E-state index in [-0.39, 0.29) is 0 Å². The lowest BCUT2D eigenvalue weighted by Crippen LogP contribution is -2.14. The fourth-order valence-electron chi connectivity index (χ4n) is 1.63. The third-order valence-corrected chi connectivity index (χ3v) is 2.59. The molecule has 0 aliphatic heterocycles. The first-order chi connectivity index (χ1) is 7.22. The van der Waals surface area contributed by atoms with Gasteiger partial charge in [0.2, 0.25) is 0 Å². The van der Waals surface area contributed by atoms with Crippen LogP contribution in [-0.2, 0) is 12.8 Å². The van der Waals surface area contributed by atoms with Gasteiger partial charge in [-0.25, -0.2) is 0 Å². The summed E-state index contributed by atoms with van der Waals surface area (Å²) in [5, 5.41) is 3.21. The van der Waals surface area contributed by atoms with Gasteiger partial charge in [0, 0.05) is 5.88 Å². The second-order valence-corrected chi connectivity index (χ2v) is 4.64. The molecule has 1 aromatic rings. The third kappa shape index (κ3) is 5.24. The maximum atomic E-state index is 4.11. The standard InChI is InChI=1S/C13H21NS/c1-11(2)9-13-5-3-12(4-6-13)7-8-14-10-15/h3-6,11,14-15H,7-10H2,1-2H3. The van der Waals surface area contributed by atoms with Gasteiger partial charge in [-0.2, -0.15) is 12.6 Å². The zero-order chi connectivity index (χ0) is 11.1. The Morgan fingerprint density at radius 1 is 1.13 bits per heavy atom. The molecular formula is C13H21NS. The first-order valence-corrected chi connectivity index (χ1v) is 6.25. The third-order valence-electron chi connectivity index (χ3n) is 2.37. The number of thiol groups is 1. The van der Waals surface area contributed by atoms with Gasteiger partial charge in [0.15, 0.2) is 0 Å². The molecule has 0 atom stereocenters. The maximum absolute atomic E-state index is 4.11. The molecule has 0 amide bonds. The van der Waals surface area contributed by atoms with Gasteiger partial charge in [0.1, 0.15) is 0 Å². The molecule has 0 aromatic heterocycles. The lowest BCUT2D eigenvalue weighted by atomic mass is 10.0. The fourth-order valence-corrected chi connectivity index (χ4v) is 1.78. The second kappa shape index (κ2) is 6.91. The molecule has 15 heavy (non-hydrogen) atoms. The highest BCUT2D eigenvalue weighted by Gasteiger charge is 1.98. The van der Waals surface area contributed by atoms with Crippen molar-refractivity contribution in [1.82, 2.24) is 5.32 Å². The number of hydrogen-bond acceptors (Lipinski definition) is 2. The maximum Gasteiger partial charge on any atom is 0.0387 e. The molecule has 0 saturated heterocycles. The lowest BCUT2D eigenvalue weighted by Gasteiger charge is -2.06. The summed E-state index contributed by atoms with van der Waals surface area (Å²) in [6.07, 6.45) is 2.26. The van der Waals surface area contributed by atoms with Crippen molar-refractivity contribution in [2.45, 2.75) is 26.7 Å². The van der Waals surface area contributed by atoms with E-state index in [4.69, 9.17) is 0 Å². The zero-order valence-corrected chi connectivity index (χ0v) is 10.6. The van der Waals surface area contributed by atoms with Crippen molar-refractivity contribution in [2.75, 3.05) is 12.4 Å². The molecule has 84 valence electrons. The summed E-state index contributed by atoms with van der Waals surface area (Å²) in [7, 11) is 0. The summed E-state index contributed by atoms with van der Waals surface area (Å²) in [4.78, 5) is 0. The highest BCUT2D eigenvalue weighted by atomic mass is 32.1. The normalized spacial score (nSPS) is 10.9. The van der Waals surface area contributed by atoms with Crippen LogP contribution >= 0.6 is 12.6 Å². The lowest BCUT2D eigenvalue weighted by molar-refractivity contribution is 0.647. The average molecular weight is 223 g/mol. The summed E-state index contributed by atoms with van der Waals surface area (Å²) in [6.45, 7) is 5.52. The quantitative estimate of drug-likeness (QED) is 0.429. The number of hydrogen-bond donors (Lipinski definition) is 2. The Balaban J connectivity index is 2.42. The fraction of sp³-hybridized carbons (Fsp3) is 0.538. The van der Waals surface area contributed by atoms with E-state index in [1.54, 1.807) is 0 Å². The molecule has 1 N–H and O–H groups in total. The van der Waals surface area contributed by atoms with E-state index in [1.807, 2.05) is 0 Å². The zero-order valence-electron chi connectivity index (χ0n) is 9.66. The van der Waals surface area contributed by atoms with Crippen molar-refractivity contribution in [3.05, 3.63) is 35.4 Å². The highest BCUT2D eigenvalue weighted by Crippen LogP contribution is 2.09. The van der Waals surface area contributed by atoms with E-state index in [2.05, 4.69) is 56.1 Å². The van der Waals surface area contributed by atoms with Gasteiger partial charge in [-0.15, -0.1) is 0 Å². The van der Waals surface area contributed by atoms with Gasteiger partial charge in [0.25, 0.3) is 0 Å². The molecule has 0 fully saturated rings. The first kappa shape index (κ1) is 12.6. The molecule has 0 saturated carbocycles. The SMILES string of the molecule is CC(C)Cc1ccc(CCNCS)cc1. The van der Waals surface area contributed by atoms with Crippen LogP contribution in [0.25, 0.3) is 0 Å². The Bertz CT molecular complexity index is 266. The molecule has 0 unspecified atom stereocenters. The van der Waals surface area contributed by atoms with E-state index in [1.165, 1.54) is 17.5 Å². The van der Waals surface area contributed by atoms with Gasteiger partial charge < -0.3 is 5.32 Å². The van der Waals surface area contributed by atoms with E-state index in [0.29, 0.717) is 0 Å². The van der Waals surface area contributed by atoms with Crippen LogP contribution in [0.4, 0.5) is 0 Å². The largest absolute Gasteiger partial charge is 0.308 e. The minimum absolute atomic E-state index is 0.738. The van der Waals surface area contributed by atoms with Gasteiger partial charge in [0.05, 0.1) is 0 Å². The Hall–Kier alpha value is -0.470. The summed E-state index contributed by atoms with van der Waals surface area (Å²) < 4.78 is 0. The predicted molar refractivity (Wildman–Crippen MR) is 70.5 cm³/mol. The van der Waals surface area contributed by atoms with Crippen molar-refractivity contribution in [2.24, 2.45) is 5.92 Å². The number of rotatable bonds is 6. The van der Waals surface area contributed by atoms with Crippen LogP contribution in [0.3, 0.4) is 0 Å².